The quantitative estimate of drug-likeness (QED) is 0.128. The van der Waals surface area contributed by atoms with Crippen LogP contribution in [0.3, 0.4) is 0 Å². The van der Waals surface area contributed by atoms with Gasteiger partial charge in [0.1, 0.15) is 17.2 Å². The summed E-state index contributed by atoms with van der Waals surface area (Å²) < 4.78 is 5.01. The molecule has 2 heterocycles. The van der Waals surface area contributed by atoms with Gasteiger partial charge in [-0.2, -0.15) is 0 Å². The molecule has 0 bridgehead atoms. The Labute approximate surface area is 249 Å². The Bertz CT molecular complexity index is 1020. The lowest BCUT2D eigenvalue weighted by molar-refractivity contribution is -0.212. The van der Waals surface area contributed by atoms with Crippen molar-refractivity contribution in [1.29, 1.82) is 0 Å². The summed E-state index contributed by atoms with van der Waals surface area (Å²) in [5, 5.41) is 17.4. The van der Waals surface area contributed by atoms with Crippen molar-refractivity contribution in [2.45, 2.75) is 104 Å². The molecule has 41 heavy (non-hydrogen) atoms. The number of nitrogens with one attached hydrogen (secondary N) is 1. The average molecular weight is 593 g/mol. The number of hydroxylamine groups is 2. The fraction of sp³-hybridized carbons (Fsp3) is 0.733. The van der Waals surface area contributed by atoms with Crippen molar-refractivity contribution in [1.82, 2.24) is 20.3 Å². The van der Waals surface area contributed by atoms with Crippen molar-refractivity contribution in [3.05, 3.63) is 16.1 Å². The molecule has 1 aliphatic rings. The van der Waals surface area contributed by atoms with Gasteiger partial charge in [-0.15, -0.1) is 23.7 Å². The van der Waals surface area contributed by atoms with Gasteiger partial charge in [0.05, 0.1) is 25.3 Å². The molecule has 0 radical (unpaired) electrons. The van der Waals surface area contributed by atoms with Crippen LogP contribution in [0, 0.1) is 24.2 Å². The molecule has 2 rings (SSSR count). The zero-order valence-electron chi connectivity index (χ0n) is 25.4. The van der Waals surface area contributed by atoms with E-state index in [-0.39, 0.29) is 55.0 Å². The van der Waals surface area contributed by atoms with Gasteiger partial charge < -0.3 is 15.2 Å². The van der Waals surface area contributed by atoms with E-state index < -0.39 is 24.2 Å². The molecular formula is C30H48N4O6S. The van der Waals surface area contributed by atoms with E-state index in [4.69, 9.17) is 16.0 Å². The Morgan fingerprint density at radius 3 is 2.63 bits per heavy atom. The molecule has 1 aromatic rings. The van der Waals surface area contributed by atoms with Crippen LogP contribution in [-0.2, 0) is 19.2 Å². The Morgan fingerprint density at radius 1 is 1.29 bits per heavy atom. The number of piperidine rings is 1. The van der Waals surface area contributed by atoms with Crippen LogP contribution in [0.25, 0.3) is 0 Å². The maximum absolute atomic E-state index is 14.2. The molecule has 0 spiro atoms. The van der Waals surface area contributed by atoms with Gasteiger partial charge in [-0.1, -0.05) is 40.5 Å². The molecule has 230 valence electrons. The fourth-order valence-corrected chi connectivity index (χ4v) is 5.63. The van der Waals surface area contributed by atoms with Crippen molar-refractivity contribution in [2.24, 2.45) is 11.8 Å². The van der Waals surface area contributed by atoms with Crippen LogP contribution in [0.4, 0.5) is 0 Å². The van der Waals surface area contributed by atoms with Gasteiger partial charge in [-0.3, -0.25) is 19.3 Å². The number of nitrogens with zero attached hydrogens (tertiary/aromatic N) is 3. The number of likely N-dealkylation sites (N-methyl/N-ethyl adjacent to an activating group) is 1. The minimum absolute atomic E-state index is 0.108. The van der Waals surface area contributed by atoms with E-state index in [1.807, 2.05) is 39.6 Å². The van der Waals surface area contributed by atoms with E-state index in [1.54, 1.807) is 12.3 Å². The van der Waals surface area contributed by atoms with Gasteiger partial charge in [0, 0.05) is 18.2 Å². The van der Waals surface area contributed by atoms with Gasteiger partial charge in [0.25, 0.3) is 5.91 Å². The topological polar surface area (TPSA) is 121 Å². The number of hydrogen-bond donors (Lipinski definition) is 2. The first-order valence-corrected chi connectivity index (χ1v) is 15.6. The zero-order chi connectivity index (χ0) is 30.5. The summed E-state index contributed by atoms with van der Waals surface area (Å²) in [5.41, 5.74) is 0.137. The smallest absolute Gasteiger partial charge is 0.357 e. The van der Waals surface area contributed by atoms with Crippen molar-refractivity contribution in [3.8, 4) is 12.3 Å². The summed E-state index contributed by atoms with van der Waals surface area (Å²) in [6, 6.07) is -1.63. The lowest BCUT2D eigenvalue weighted by Crippen LogP contribution is -2.58. The maximum Gasteiger partial charge on any atom is 0.357 e. The van der Waals surface area contributed by atoms with Gasteiger partial charge in [-0.05, 0) is 51.6 Å². The number of terminal acetylenes is 1. The molecule has 2 amide bonds. The molecule has 2 N–H and O–H groups in total. The highest BCUT2D eigenvalue weighted by molar-refractivity contribution is 7.09. The average Bonchev–Trinajstić information content (AvgIpc) is 3.45. The predicted molar refractivity (Wildman–Crippen MR) is 159 cm³/mol. The SMILES string of the molecule is C#CCCCON(C(=O)[C@@H](NC(=O)[C@H]1CCCCN1C)[C@@H](C)CC)[C@H](C[C@@H](O)c1nc(C(=O)OCC)cs1)C(C)C. The number of rotatable bonds is 16. The van der Waals surface area contributed by atoms with Gasteiger partial charge in [-0.25, -0.2) is 14.8 Å². The number of hydrogen-bond acceptors (Lipinski definition) is 9. The molecule has 10 nitrogen and oxygen atoms in total. The number of likely N-dealkylation sites (tertiary alicyclic amines) is 1. The van der Waals surface area contributed by atoms with Gasteiger partial charge in [0.15, 0.2) is 5.69 Å². The summed E-state index contributed by atoms with van der Waals surface area (Å²) in [6.45, 7) is 10.8. The maximum atomic E-state index is 14.2. The van der Waals surface area contributed by atoms with Crippen LogP contribution < -0.4 is 5.32 Å². The molecule has 5 atom stereocenters. The third kappa shape index (κ3) is 10.1. The second-order valence-corrected chi connectivity index (χ2v) is 11.9. The Kier molecular flexibility index (Phi) is 14.8. The van der Waals surface area contributed by atoms with Crippen molar-refractivity contribution in [3.63, 3.8) is 0 Å². The van der Waals surface area contributed by atoms with Gasteiger partial charge in [0.2, 0.25) is 5.91 Å². The summed E-state index contributed by atoms with van der Waals surface area (Å²) in [4.78, 5) is 52.1. The molecule has 1 aromatic heterocycles. The molecular weight excluding hydrogens is 544 g/mol. The molecule has 1 fully saturated rings. The second kappa shape index (κ2) is 17.4. The molecule has 0 saturated carbocycles. The van der Waals surface area contributed by atoms with E-state index in [0.717, 1.165) is 37.1 Å². The number of ether oxygens (including phenoxy) is 1. The highest BCUT2D eigenvalue weighted by Gasteiger charge is 2.39. The fourth-order valence-electron chi connectivity index (χ4n) is 4.84. The molecule has 1 aliphatic heterocycles. The standard InChI is InChI=1S/C30H48N4O6S/c1-8-11-14-17-40-34(24(20(4)5)18-25(35)28-31-22(19-41-28)30(38)39-10-3)29(37)26(21(6)9-2)32-27(36)23-15-12-13-16-33(23)7/h1,19-21,23-26,35H,9-18H2,2-7H3,(H,32,36)/t21-,23+,24+,25+,26-/m0/s1. The normalized spacial score (nSPS) is 18.7. The van der Waals surface area contributed by atoms with Crippen LogP contribution in [0.2, 0.25) is 0 Å². The number of carbonyl (C=O) groups excluding carboxylic acids is 3. The van der Waals surface area contributed by atoms with Crippen molar-refractivity contribution >= 4 is 29.1 Å². The number of esters is 1. The third-order valence-corrected chi connectivity index (χ3v) is 8.54. The Balaban J connectivity index is 2.33. The Morgan fingerprint density at radius 2 is 2.02 bits per heavy atom. The zero-order valence-corrected chi connectivity index (χ0v) is 26.2. The summed E-state index contributed by atoms with van der Waals surface area (Å²) >= 11 is 1.16. The lowest BCUT2D eigenvalue weighted by atomic mass is 9.93. The van der Waals surface area contributed by atoms with Crippen molar-refractivity contribution < 1.29 is 29.1 Å². The predicted octanol–water partition coefficient (Wildman–Crippen LogP) is 3.96. The number of aliphatic hydroxyl groups is 1. The lowest BCUT2D eigenvalue weighted by Gasteiger charge is -2.38. The number of unbranched alkanes of at least 4 members (excludes halogenated alkanes) is 1. The van der Waals surface area contributed by atoms with E-state index in [0.29, 0.717) is 24.3 Å². The van der Waals surface area contributed by atoms with Crippen LogP contribution >= 0.6 is 11.3 Å². The number of amides is 2. The van der Waals surface area contributed by atoms with Crippen LogP contribution in [-0.4, -0.2) is 82.8 Å². The number of aliphatic hydroxyl groups excluding tert-OH is 1. The highest BCUT2D eigenvalue weighted by atomic mass is 32.1. The van der Waals surface area contributed by atoms with E-state index in [9.17, 15) is 19.5 Å². The summed E-state index contributed by atoms with van der Waals surface area (Å²) in [6.07, 6.45) is 8.98. The molecule has 11 heteroatoms. The molecule has 1 saturated heterocycles. The number of aromatic nitrogens is 1. The van der Waals surface area contributed by atoms with E-state index >= 15 is 0 Å². The van der Waals surface area contributed by atoms with Crippen LogP contribution in [0.15, 0.2) is 5.38 Å². The van der Waals surface area contributed by atoms with Crippen molar-refractivity contribution in [2.75, 3.05) is 26.8 Å². The highest BCUT2D eigenvalue weighted by Crippen LogP contribution is 2.29. The first kappa shape index (κ1) is 34.7. The largest absolute Gasteiger partial charge is 0.461 e. The first-order chi connectivity index (χ1) is 19.5. The summed E-state index contributed by atoms with van der Waals surface area (Å²) in [5.74, 6) is 1.26. The number of carbonyl (C=O) groups is 3. The van der Waals surface area contributed by atoms with Gasteiger partial charge >= 0.3 is 5.97 Å². The molecule has 0 aliphatic carbocycles. The van der Waals surface area contributed by atoms with E-state index in [2.05, 4.69) is 16.2 Å². The van der Waals surface area contributed by atoms with Crippen LogP contribution in [0.5, 0.6) is 0 Å². The minimum atomic E-state index is -1.05. The minimum Gasteiger partial charge on any atom is -0.461 e. The third-order valence-electron chi connectivity index (χ3n) is 7.59. The first-order valence-electron chi connectivity index (χ1n) is 14.8. The number of thiazole rings is 1. The Hall–Kier alpha value is -2.52. The monoisotopic (exact) mass is 592 g/mol. The van der Waals surface area contributed by atoms with Crippen LogP contribution in [0.1, 0.15) is 101 Å². The summed E-state index contributed by atoms with van der Waals surface area (Å²) in [7, 11) is 1.94. The molecule has 0 aromatic carbocycles. The van der Waals surface area contributed by atoms with E-state index in [1.165, 1.54) is 5.06 Å². The molecule has 0 unspecified atom stereocenters. The second-order valence-electron chi connectivity index (χ2n) is 11.0.